The van der Waals surface area contributed by atoms with E-state index in [0.717, 1.165) is 0 Å². The third kappa shape index (κ3) is 3.02. The lowest BCUT2D eigenvalue weighted by Crippen LogP contribution is -2.14. The Hall–Kier alpha value is -2.09. The van der Waals surface area contributed by atoms with Crippen molar-refractivity contribution < 1.29 is 13.3 Å². The first-order chi connectivity index (χ1) is 9.09. The summed E-state index contributed by atoms with van der Waals surface area (Å²) in [4.78, 5) is 3.62. The van der Waals surface area contributed by atoms with Crippen LogP contribution < -0.4 is 11.1 Å². The van der Waals surface area contributed by atoms with Crippen molar-refractivity contribution >= 4 is 22.9 Å². The summed E-state index contributed by atoms with van der Waals surface area (Å²) in [7, 11) is 0. The summed E-state index contributed by atoms with van der Waals surface area (Å²) in [6.45, 7) is 0.324. The van der Waals surface area contributed by atoms with Gasteiger partial charge < -0.3 is 15.6 Å². The summed E-state index contributed by atoms with van der Waals surface area (Å²) in [5.74, 6) is -1.67. The van der Waals surface area contributed by atoms with E-state index in [1.807, 2.05) is 0 Å². The van der Waals surface area contributed by atoms with Crippen molar-refractivity contribution in [1.82, 2.24) is 10.1 Å². The molecule has 0 aliphatic heterocycles. The molecule has 0 bridgehead atoms. The SMILES string of the molecule is NC(=S)c1ccc(NCCc2ncno2)c(F)c1F. The number of hydrogen-bond donors (Lipinski definition) is 2. The number of nitrogens with two attached hydrogens (primary N) is 1. The first-order valence-electron chi connectivity index (χ1n) is 5.37. The van der Waals surface area contributed by atoms with E-state index in [4.69, 9.17) is 10.3 Å². The third-order valence-corrected chi connectivity index (χ3v) is 2.63. The molecular formula is C11H10F2N4OS. The molecule has 0 spiro atoms. The lowest BCUT2D eigenvalue weighted by molar-refractivity contribution is 0.379. The van der Waals surface area contributed by atoms with E-state index in [-0.39, 0.29) is 16.2 Å². The van der Waals surface area contributed by atoms with Gasteiger partial charge in [-0.25, -0.2) is 8.78 Å². The van der Waals surface area contributed by atoms with Crippen molar-refractivity contribution in [3.8, 4) is 0 Å². The molecule has 3 N–H and O–H groups in total. The predicted octanol–water partition coefficient (Wildman–Crippen LogP) is 1.64. The number of benzene rings is 1. The van der Waals surface area contributed by atoms with Gasteiger partial charge in [0.2, 0.25) is 5.89 Å². The lowest BCUT2D eigenvalue weighted by Gasteiger charge is -2.09. The number of nitrogens with one attached hydrogen (secondary N) is 1. The molecule has 0 saturated carbocycles. The Balaban J connectivity index is 2.05. The van der Waals surface area contributed by atoms with Crippen LogP contribution in [0.5, 0.6) is 0 Å². The average molecular weight is 284 g/mol. The highest BCUT2D eigenvalue weighted by Gasteiger charge is 2.14. The zero-order valence-electron chi connectivity index (χ0n) is 9.69. The van der Waals surface area contributed by atoms with E-state index in [1.165, 1.54) is 18.5 Å². The number of thiocarbonyl (C=S) groups is 1. The molecule has 8 heteroatoms. The Labute approximate surface area is 112 Å². The van der Waals surface area contributed by atoms with Gasteiger partial charge in [0, 0.05) is 18.5 Å². The van der Waals surface area contributed by atoms with Crippen LogP contribution in [0.25, 0.3) is 0 Å². The van der Waals surface area contributed by atoms with Crippen LogP contribution in [0.15, 0.2) is 23.0 Å². The minimum absolute atomic E-state index is 0.0250. The van der Waals surface area contributed by atoms with Gasteiger partial charge in [-0.1, -0.05) is 17.4 Å². The second-order valence-corrected chi connectivity index (χ2v) is 4.10. The highest BCUT2D eigenvalue weighted by atomic mass is 32.1. The van der Waals surface area contributed by atoms with Gasteiger partial charge in [0.25, 0.3) is 0 Å². The van der Waals surface area contributed by atoms with Crippen LogP contribution in [0.2, 0.25) is 0 Å². The molecule has 1 heterocycles. The standard InChI is InChI=1S/C11H10F2N4OS/c12-9-6(11(14)19)1-2-7(10(9)13)15-4-3-8-16-5-17-18-8/h1-2,5,15H,3-4H2,(H2,14,19). The summed E-state index contributed by atoms with van der Waals surface area (Å²) in [6, 6.07) is 2.70. The van der Waals surface area contributed by atoms with Crippen molar-refractivity contribution in [2.75, 3.05) is 11.9 Å². The summed E-state index contributed by atoms with van der Waals surface area (Å²) in [6.07, 6.45) is 1.67. The minimum atomic E-state index is -1.06. The summed E-state index contributed by atoms with van der Waals surface area (Å²) < 4.78 is 32.0. The van der Waals surface area contributed by atoms with Crippen LogP contribution >= 0.6 is 12.2 Å². The van der Waals surface area contributed by atoms with Crippen LogP contribution in [-0.4, -0.2) is 21.7 Å². The zero-order valence-corrected chi connectivity index (χ0v) is 10.5. The number of hydrogen-bond acceptors (Lipinski definition) is 5. The Morgan fingerprint density at radius 2 is 2.16 bits per heavy atom. The van der Waals surface area contributed by atoms with E-state index in [1.54, 1.807) is 0 Å². The number of halogens is 2. The fourth-order valence-corrected chi connectivity index (χ4v) is 1.64. The number of nitrogens with zero attached hydrogens (tertiary/aromatic N) is 2. The van der Waals surface area contributed by atoms with Crippen LogP contribution in [0.3, 0.4) is 0 Å². The normalized spacial score (nSPS) is 10.4. The molecule has 0 amide bonds. The van der Waals surface area contributed by atoms with E-state index in [2.05, 4.69) is 27.7 Å². The molecule has 19 heavy (non-hydrogen) atoms. The smallest absolute Gasteiger partial charge is 0.228 e. The largest absolute Gasteiger partial charge is 0.389 e. The molecule has 5 nitrogen and oxygen atoms in total. The molecule has 0 fully saturated rings. The monoisotopic (exact) mass is 284 g/mol. The van der Waals surface area contributed by atoms with E-state index < -0.39 is 11.6 Å². The molecule has 0 unspecified atom stereocenters. The third-order valence-electron chi connectivity index (χ3n) is 2.41. The summed E-state index contributed by atoms with van der Waals surface area (Å²) in [5.41, 5.74) is 5.18. The highest BCUT2D eigenvalue weighted by molar-refractivity contribution is 7.80. The van der Waals surface area contributed by atoms with Crippen LogP contribution in [-0.2, 0) is 6.42 Å². The van der Waals surface area contributed by atoms with Crippen molar-refractivity contribution in [3.05, 3.63) is 41.5 Å². The lowest BCUT2D eigenvalue weighted by atomic mass is 10.1. The van der Waals surface area contributed by atoms with Crippen molar-refractivity contribution in [2.24, 2.45) is 5.73 Å². The molecule has 1 aromatic carbocycles. The molecule has 1 aromatic heterocycles. The fraction of sp³-hybridized carbons (Fsp3) is 0.182. The first-order valence-corrected chi connectivity index (χ1v) is 5.77. The highest BCUT2D eigenvalue weighted by Crippen LogP contribution is 2.20. The predicted molar refractivity (Wildman–Crippen MR) is 68.7 cm³/mol. The quantitative estimate of drug-likeness (QED) is 0.813. The van der Waals surface area contributed by atoms with Crippen molar-refractivity contribution in [2.45, 2.75) is 6.42 Å². The molecule has 0 radical (unpaired) electrons. The number of rotatable bonds is 5. The number of aromatic nitrogens is 2. The molecule has 0 aliphatic rings. The molecule has 2 aromatic rings. The van der Waals surface area contributed by atoms with E-state index in [9.17, 15) is 8.78 Å². The van der Waals surface area contributed by atoms with E-state index in [0.29, 0.717) is 18.9 Å². The van der Waals surface area contributed by atoms with Gasteiger partial charge in [-0.15, -0.1) is 0 Å². The van der Waals surface area contributed by atoms with Gasteiger partial charge >= 0.3 is 0 Å². The molecule has 0 aliphatic carbocycles. The second-order valence-electron chi connectivity index (χ2n) is 3.66. The van der Waals surface area contributed by atoms with Gasteiger partial charge in [0.1, 0.15) is 4.99 Å². The number of anilines is 1. The topological polar surface area (TPSA) is 77.0 Å². The summed E-state index contributed by atoms with van der Waals surface area (Å²) >= 11 is 4.62. The molecule has 2 rings (SSSR count). The minimum Gasteiger partial charge on any atom is -0.389 e. The van der Waals surface area contributed by atoms with Crippen LogP contribution in [0.4, 0.5) is 14.5 Å². The van der Waals surface area contributed by atoms with Gasteiger partial charge in [0.15, 0.2) is 18.0 Å². The Morgan fingerprint density at radius 3 is 2.79 bits per heavy atom. The fourth-order valence-electron chi connectivity index (χ4n) is 1.49. The maximum Gasteiger partial charge on any atom is 0.228 e. The molecule has 0 saturated heterocycles. The van der Waals surface area contributed by atoms with Gasteiger partial charge in [0.05, 0.1) is 5.69 Å². The van der Waals surface area contributed by atoms with Gasteiger partial charge in [-0.2, -0.15) is 4.98 Å². The molecule has 100 valence electrons. The summed E-state index contributed by atoms with van der Waals surface area (Å²) in [5, 5.41) is 6.17. The second kappa shape index (κ2) is 5.70. The molecular weight excluding hydrogens is 274 g/mol. The van der Waals surface area contributed by atoms with Crippen molar-refractivity contribution in [3.63, 3.8) is 0 Å². The average Bonchev–Trinajstić information content (AvgIpc) is 2.87. The van der Waals surface area contributed by atoms with Crippen molar-refractivity contribution in [1.29, 1.82) is 0 Å². The Bertz CT molecular complexity index is 589. The zero-order chi connectivity index (χ0) is 13.8. The van der Waals surface area contributed by atoms with Crippen LogP contribution in [0.1, 0.15) is 11.5 Å². The Kier molecular flexibility index (Phi) is 4.00. The maximum atomic E-state index is 13.7. The van der Waals surface area contributed by atoms with Crippen LogP contribution in [0, 0.1) is 11.6 Å². The maximum absolute atomic E-state index is 13.7. The Morgan fingerprint density at radius 1 is 1.37 bits per heavy atom. The molecule has 0 atom stereocenters. The van der Waals surface area contributed by atoms with Gasteiger partial charge in [-0.05, 0) is 12.1 Å². The van der Waals surface area contributed by atoms with E-state index >= 15 is 0 Å². The van der Waals surface area contributed by atoms with Gasteiger partial charge in [-0.3, -0.25) is 0 Å². The first kappa shape index (κ1) is 13.3.